The minimum Gasteiger partial charge on any atom is -0.382 e. The number of piperidine rings is 3. The molecule has 1 aromatic heterocycles. The number of aliphatic hydroxyl groups is 1. The molecule has 37 heavy (non-hydrogen) atoms. The van der Waals surface area contributed by atoms with Crippen LogP contribution in [0.2, 0.25) is 0 Å². The Morgan fingerprint density at radius 2 is 1.70 bits per heavy atom. The van der Waals surface area contributed by atoms with Crippen molar-refractivity contribution in [3.8, 4) is 0 Å². The number of hydrogen-bond donors (Lipinski definition) is 1. The Morgan fingerprint density at radius 1 is 1.03 bits per heavy atom. The average molecular weight is 522 g/mol. The number of rotatable bonds is 5. The number of hydrogen-bond acceptors (Lipinski definition) is 2. The molecule has 1 unspecified atom stereocenters. The fourth-order valence-electron chi connectivity index (χ4n) is 6.44. The van der Waals surface area contributed by atoms with E-state index in [4.69, 9.17) is 0 Å². The van der Waals surface area contributed by atoms with Gasteiger partial charge < -0.3 is 9.59 Å². The molecule has 2 aromatic carbocycles. The number of nitrogens with zero attached hydrogens (tertiary/aromatic N) is 2. The lowest BCUT2D eigenvalue weighted by atomic mass is 9.71. The Bertz CT molecular complexity index is 1280. The molecular weight excluding hydrogens is 494 g/mol. The van der Waals surface area contributed by atoms with E-state index in [1.807, 2.05) is 30.3 Å². The Labute approximate surface area is 210 Å². The van der Waals surface area contributed by atoms with Gasteiger partial charge in [0, 0.05) is 35.9 Å². The number of fused-ring (bicyclic) bond motifs is 4. The van der Waals surface area contributed by atoms with Gasteiger partial charge in [0.15, 0.2) is 0 Å². The summed E-state index contributed by atoms with van der Waals surface area (Å²) in [6.45, 7) is 4.93. The number of alkyl halides is 6. The van der Waals surface area contributed by atoms with Crippen LogP contribution in [0.5, 0.6) is 0 Å². The Morgan fingerprint density at radius 3 is 2.35 bits per heavy atom. The first-order valence-electron chi connectivity index (χ1n) is 12.2. The van der Waals surface area contributed by atoms with Gasteiger partial charge in [0.2, 0.25) is 0 Å². The molecule has 0 radical (unpaired) electrons. The molecule has 3 nitrogen and oxygen atoms in total. The molecule has 3 fully saturated rings. The van der Waals surface area contributed by atoms with Gasteiger partial charge in [-0.1, -0.05) is 24.3 Å². The first-order valence-corrected chi connectivity index (χ1v) is 12.2. The van der Waals surface area contributed by atoms with Gasteiger partial charge in [-0.15, -0.1) is 6.58 Å². The van der Waals surface area contributed by atoms with Crippen molar-refractivity contribution in [3.63, 3.8) is 0 Å². The van der Waals surface area contributed by atoms with Crippen molar-refractivity contribution in [1.82, 2.24) is 4.98 Å². The van der Waals surface area contributed by atoms with Crippen LogP contribution in [0.4, 0.5) is 26.3 Å². The molecule has 1 N–H and O–H groups in total. The molecule has 2 bridgehead atoms. The summed E-state index contributed by atoms with van der Waals surface area (Å²) in [4.78, 5) is 4.35. The number of aromatic nitrogens is 1. The van der Waals surface area contributed by atoms with Crippen LogP contribution in [0.15, 0.2) is 67.4 Å². The molecule has 196 valence electrons. The van der Waals surface area contributed by atoms with E-state index in [0.717, 1.165) is 23.9 Å². The minimum atomic E-state index is -4.91. The highest BCUT2D eigenvalue weighted by Gasteiger charge is 2.54. The maximum absolute atomic E-state index is 13.6. The van der Waals surface area contributed by atoms with Crippen molar-refractivity contribution in [1.29, 1.82) is 0 Å². The van der Waals surface area contributed by atoms with Gasteiger partial charge in [0.1, 0.15) is 18.7 Å². The predicted octanol–water partition coefficient (Wildman–Crippen LogP) is 6.92. The van der Waals surface area contributed by atoms with E-state index >= 15 is 0 Å². The number of quaternary nitrogens is 1. The fraction of sp³-hybridized carbons (Fsp3) is 0.393. The fourth-order valence-corrected chi connectivity index (χ4v) is 6.44. The Balaban J connectivity index is 1.59. The van der Waals surface area contributed by atoms with Crippen LogP contribution in [0.3, 0.4) is 0 Å². The third-order valence-electron chi connectivity index (χ3n) is 8.19. The summed E-state index contributed by atoms with van der Waals surface area (Å²) in [6, 6.07) is 10.5. The molecule has 6 rings (SSSR count). The molecule has 9 heteroatoms. The van der Waals surface area contributed by atoms with E-state index in [-0.39, 0.29) is 34.5 Å². The summed E-state index contributed by atoms with van der Waals surface area (Å²) >= 11 is 0. The number of para-hydroxylation sites is 1. The van der Waals surface area contributed by atoms with Gasteiger partial charge in [-0.2, -0.15) is 26.3 Å². The zero-order valence-corrected chi connectivity index (χ0v) is 19.9. The maximum atomic E-state index is 13.6. The quantitative estimate of drug-likeness (QED) is 0.225. The molecule has 3 aliphatic heterocycles. The SMILES string of the molecule is C=C[C@H]1C[N+]2(Cc3cc(C(F)(F)F)cc(C(F)(F)F)c3)CC[C@H]1C[C@@H]2[C@@H](O)c1ccnc2ccccc12. The second-order valence-electron chi connectivity index (χ2n) is 10.3. The monoisotopic (exact) mass is 521 g/mol. The summed E-state index contributed by atoms with van der Waals surface area (Å²) in [5.41, 5.74) is -1.31. The molecule has 0 aliphatic carbocycles. The van der Waals surface area contributed by atoms with Crippen molar-refractivity contribution in [3.05, 3.63) is 89.6 Å². The predicted molar refractivity (Wildman–Crippen MR) is 127 cm³/mol. The highest BCUT2D eigenvalue weighted by atomic mass is 19.4. The molecule has 0 saturated carbocycles. The zero-order chi connectivity index (χ0) is 26.6. The van der Waals surface area contributed by atoms with E-state index in [1.54, 1.807) is 12.3 Å². The standard InChI is InChI=1S/C28H27F6N2O/c1-2-18-16-36(15-17-11-20(27(29,30)31)14-21(12-17)28(32,33)34)10-8-19(18)13-25(36)26(37)23-7-9-35-24-6-4-3-5-22(23)24/h2-7,9,11-12,14,18-19,25-26,37H,1,8,10,13,15-16H2/q+1/t18-,19-,25+,26-,36?/m0/s1. The van der Waals surface area contributed by atoms with E-state index in [1.165, 1.54) is 0 Å². The number of pyridine rings is 1. The molecule has 4 heterocycles. The molecule has 3 aromatic rings. The summed E-state index contributed by atoms with van der Waals surface area (Å²) in [5.74, 6) is 0.316. The third-order valence-corrected chi connectivity index (χ3v) is 8.19. The number of aliphatic hydroxyl groups excluding tert-OH is 1. The summed E-state index contributed by atoms with van der Waals surface area (Å²) in [6.07, 6.45) is -5.99. The van der Waals surface area contributed by atoms with E-state index in [2.05, 4.69) is 11.6 Å². The second kappa shape index (κ2) is 9.13. The third kappa shape index (κ3) is 4.75. The first-order chi connectivity index (χ1) is 17.4. The second-order valence-corrected chi connectivity index (χ2v) is 10.3. The summed E-state index contributed by atoms with van der Waals surface area (Å²) in [5, 5.41) is 12.5. The average Bonchev–Trinajstić information content (AvgIpc) is 2.86. The smallest absolute Gasteiger partial charge is 0.382 e. The van der Waals surface area contributed by atoms with E-state index < -0.39 is 35.6 Å². The number of benzene rings is 2. The highest BCUT2D eigenvalue weighted by Crippen LogP contribution is 2.48. The van der Waals surface area contributed by atoms with Crippen LogP contribution in [-0.4, -0.2) is 33.7 Å². The van der Waals surface area contributed by atoms with Gasteiger partial charge in [-0.25, -0.2) is 0 Å². The van der Waals surface area contributed by atoms with E-state index in [0.29, 0.717) is 30.6 Å². The van der Waals surface area contributed by atoms with Gasteiger partial charge in [-0.05, 0) is 41.8 Å². The Hall–Kier alpha value is -2.91. The lowest BCUT2D eigenvalue weighted by Gasteiger charge is -2.58. The topological polar surface area (TPSA) is 33.1 Å². The lowest BCUT2D eigenvalue weighted by molar-refractivity contribution is -0.984. The van der Waals surface area contributed by atoms with Crippen molar-refractivity contribution in [2.45, 2.75) is 43.9 Å². The molecular formula is C28H27F6N2O+. The minimum absolute atomic E-state index is 0.0397. The van der Waals surface area contributed by atoms with Gasteiger partial charge in [0.05, 0.1) is 29.7 Å². The van der Waals surface area contributed by atoms with Crippen LogP contribution < -0.4 is 0 Å². The normalized spacial score (nSPS) is 26.8. The largest absolute Gasteiger partial charge is 0.416 e. The Kier molecular flexibility index (Phi) is 6.35. The van der Waals surface area contributed by atoms with Gasteiger partial charge in [0.25, 0.3) is 0 Å². The van der Waals surface area contributed by atoms with Crippen molar-refractivity contribution >= 4 is 10.9 Å². The van der Waals surface area contributed by atoms with Crippen LogP contribution in [0.1, 0.15) is 41.2 Å². The van der Waals surface area contributed by atoms with E-state index in [9.17, 15) is 31.4 Å². The molecule has 0 amide bonds. The van der Waals surface area contributed by atoms with Crippen molar-refractivity contribution < 1.29 is 35.9 Å². The van der Waals surface area contributed by atoms with Gasteiger partial charge >= 0.3 is 12.4 Å². The van der Waals surface area contributed by atoms with Crippen LogP contribution >= 0.6 is 0 Å². The summed E-state index contributed by atoms with van der Waals surface area (Å²) < 4.78 is 81.6. The molecule has 3 aliphatic rings. The van der Waals surface area contributed by atoms with Crippen LogP contribution in [0, 0.1) is 11.8 Å². The molecule has 5 atom stereocenters. The van der Waals surface area contributed by atoms with Gasteiger partial charge in [-0.3, -0.25) is 4.98 Å². The highest BCUT2D eigenvalue weighted by molar-refractivity contribution is 5.82. The molecule has 0 spiro atoms. The number of halogens is 6. The maximum Gasteiger partial charge on any atom is 0.416 e. The van der Waals surface area contributed by atoms with Crippen molar-refractivity contribution in [2.24, 2.45) is 11.8 Å². The lowest BCUT2D eigenvalue weighted by Crippen LogP contribution is -2.67. The first kappa shape index (κ1) is 25.7. The zero-order valence-electron chi connectivity index (χ0n) is 19.9. The summed E-state index contributed by atoms with van der Waals surface area (Å²) in [7, 11) is 0. The van der Waals surface area contributed by atoms with Crippen molar-refractivity contribution in [2.75, 3.05) is 13.1 Å². The molecule has 3 saturated heterocycles. The van der Waals surface area contributed by atoms with Crippen LogP contribution in [0.25, 0.3) is 10.9 Å². The van der Waals surface area contributed by atoms with Crippen LogP contribution in [-0.2, 0) is 18.9 Å².